The molecule has 0 aromatic heterocycles. The summed E-state index contributed by atoms with van der Waals surface area (Å²) in [7, 11) is -3.77. The van der Waals surface area contributed by atoms with E-state index in [0.717, 1.165) is 12.1 Å². The summed E-state index contributed by atoms with van der Waals surface area (Å²) in [6, 6.07) is 11.7. The van der Waals surface area contributed by atoms with Crippen molar-refractivity contribution in [2.24, 2.45) is 0 Å². The summed E-state index contributed by atoms with van der Waals surface area (Å²) in [6.07, 6.45) is 0.326. The molecular weight excluding hydrogens is 308 g/mol. The topological polar surface area (TPSA) is 106 Å². The molecule has 0 unspecified atom stereocenters. The van der Waals surface area contributed by atoms with Crippen molar-refractivity contribution < 1.29 is 18.1 Å². The van der Waals surface area contributed by atoms with Crippen LogP contribution in [0.4, 0.5) is 11.4 Å². The van der Waals surface area contributed by atoms with Gasteiger partial charge in [0.15, 0.2) is 9.84 Å². The summed E-state index contributed by atoms with van der Waals surface area (Å²) < 4.78 is 24.8. The molecule has 7 nitrogen and oxygen atoms in total. The van der Waals surface area contributed by atoms with Crippen molar-refractivity contribution in [2.45, 2.75) is 10.6 Å². The third-order valence-electron chi connectivity index (χ3n) is 2.89. The van der Waals surface area contributed by atoms with Gasteiger partial charge in [0.2, 0.25) is 6.41 Å². The Bertz CT molecular complexity index is 803. The first-order valence-electron chi connectivity index (χ1n) is 6.19. The summed E-state index contributed by atoms with van der Waals surface area (Å²) in [4.78, 5) is 20.4. The standard InChI is InChI=1S/C14H12N2O5S/c17-10-15-12-6-13(16(18)19)8-14(7-12)22(20,21)9-11-4-2-1-3-5-11/h1-8,10H,9H2,(H,15,17). The van der Waals surface area contributed by atoms with Gasteiger partial charge in [-0.2, -0.15) is 0 Å². The number of nitrogens with one attached hydrogen (secondary N) is 1. The fourth-order valence-electron chi connectivity index (χ4n) is 1.90. The van der Waals surface area contributed by atoms with Crippen LogP contribution in [-0.2, 0) is 20.4 Å². The average molecular weight is 320 g/mol. The highest BCUT2D eigenvalue weighted by molar-refractivity contribution is 7.90. The Labute approximate surface area is 126 Å². The number of anilines is 1. The zero-order valence-corrected chi connectivity index (χ0v) is 12.1. The number of non-ortho nitro benzene ring substituents is 1. The molecule has 114 valence electrons. The zero-order chi connectivity index (χ0) is 16.2. The van der Waals surface area contributed by atoms with Crippen LogP contribution in [0.2, 0.25) is 0 Å². The van der Waals surface area contributed by atoms with Crippen LogP contribution in [-0.4, -0.2) is 19.8 Å². The van der Waals surface area contributed by atoms with Crippen molar-refractivity contribution in [3.63, 3.8) is 0 Å². The lowest BCUT2D eigenvalue weighted by molar-refractivity contribution is -0.385. The number of hydrogen-bond acceptors (Lipinski definition) is 5. The van der Waals surface area contributed by atoms with Crippen molar-refractivity contribution >= 4 is 27.6 Å². The van der Waals surface area contributed by atoms with E-state index in [9.17, 15) is 23.3 Å². The highest BCUT2D eigenvalue weighted by atomic mass is 32.2. The smallest absolute Gasteiger partial charge is 0.272 e. The van der Waals surface area contributed by atoms with Gasteiger partial charge in [-0.05, 0) is 11.6 Å². The van der Waals surface area contributed by atoms with E-state index < -0.39 is 20.4 Å². The molecule has 0 atom stereocenters. The average Bonchev–Trinajstić information content (AvgIpc) is 2.48. The maximum atomic E-state index is 12.4. The van der Waals surface area contributed by atoms with Gasteiger partial charge in [-0.3, -0.25) is 14.9 Å². The Hall–Kier alpha value is -2.74. The molecule has 22 heavy (non-hydrogen) atoms. The van der Waals surface area contributed by atoms with Crippen LogP contribution >= 0.6 is 0 Å². The molecule has 0 saturated carbocycles. The van der Waals surface area contributed by atoms with Crippen molar-refractivity contribution in [3.05, 3.63) is 64.2 Å². The largest absolute Gasteiger partial charge is 0.328 e. The molecule has 0 radical (unpaired) electrons. The van der Waals surface area contributed by atoms with Gasteiger partial charge in [-0.25, -0.2) is 8.42 Å². The molecule has 0 spiro atoms. The fourth-order valence-corrected chi connectivity index (χ4v) is 3.30. The molecule has 0 saturated heterocycles. The summed E-state index contributed by atoms with van der Waals surface area (Å²) in [5.41, 5.74) is 0.216. The number of hydrogen-bond donors (Lipinski definition) is 1. The van der Waals surface area contributed by atoms with Gasteiger partial charge in [0.05, 0.1) is 15.6 Å². The number of benzene rings is 2. The van der Waals surface area contributed by atoms with Crippen LogP contribution in [0.5, 0.6) is 0 Å². The molecule has 0 aliphatic rings. The van der Waals surface area contributed by atoms with Crippen LogP contribution in [0.15, 0.2) is 53.4 Å². The lowest BCUT2D eigenvalue weighted by atomic mass is 10.2. The molecule has 0 heterocycles. The Kier molecular flexibility index (Phi) is 4.52. The quantitative estimate of drug-likeness (QED) is 0.498. The Morgan fingerprint density at radius 3 is 2.41 bits per heavy atom. The highest BCUT2D eigenvalue weighted by Crippen LogP contribution is 2.26. The van der Waals surface area contributed by atoms with E-state index in [1.165, 1.54) is 6.07 Å². The number of nitrogens with zero attached hydrogens (tertiary/aromatic N) is 1. The first kappa shape index (κ1) is 15.6. The minimum Gasteiger partial charge on any atom is -0.328 e. The monoisotopic (exact) mass is 320 g/mol. The Morgan fingerprint density at radius 1 is 1.14 bits per heavy atom. The molecule has 2 rings (SSSR count). The molecule has 8 heteroatoms. The predicted octanol–water partition coefficient (Wildman–Crippen LogP) is 2.14. The number of carbonyl (C=O) groups excluding carboxylic acids is 1. The molecule has 0 aliphatic heterocycles. The van der Waals surface area contributed by atoms with E-state index in [0.29, 0.717) is 12.0 Å². The summed E-state index contributed by atoms with van der Waals surface area (Å²) >= 11 is 0. The first-order chi connectivity index (χ1) is 10.4. The normalized spacial score (nSPS) is 10.9. The molecular formula is C14H12N2O5S. The molecule has 2 aromatic rings. The van der Waals surface area contributed by atoms with E-state index in [1.54, 1.807) is 30.3 Å². The van der Waals surface area contributed by atoms with E-state index in [1.807, 2.05) is 0 Å². The number of carbonyl (C=O) groups is 1. The van der Waals surface area contributed by atoms with Crippen LogP contribution in [0, 0.1) is 10.1 Å². The maximum absolute atomic E-state index is 12.4. The summed E-state index contributed by atoms with van der Waals surface area (Å²) in [5.74, 6) is -0.282. The molecule has 0 bridgehead atoms. The minimum absolute atomic E-state index is 0.0517. The van der Waals surface area contributed by atoms with Gasteiger partial charge in [0, 0.05) is 17.8 Å². The van der Waals surface area contributed by atoms with Crippen LogP contribution < -0.4 is 5.32 Å². The molecule has 0 aliphatic carbocycles. The van der Waals surface area contributed by atoms with E-state index in [2.05, 4.69) is 5.32 Å². The zero-order valence-electron chi connectivity index (χ0n) is 11.3. The number of rotatable bonds is 6. The first-order valence-corrected chi connectivity index (χ1v) is 7.84. The van der Waals surface area contributed by atoms with Gasteiger partial charge < -0.3 is 5.32 Å². The second-order valence-corrected chi connectivity index (χ2v) is 6.47. The fraction of sp³-hybridized carbons (Fsp3) is 0.0714. The SMILES string of the molecule is O=CNc1cc([N+](=O)[O-])cc(S(=O)(=O)Cc2ccccc2)c1. The van der Waals surface area contributed by atoms with Gasteiger partial charge >= 0.3 is 0 Å². The number of amides is 1. The van der Waals surface area contributed by atoms with Gasteiger partial charge in [0.1, 0.15) is 0 Å². The van der Waals surface area contributed by atoms with Crippen LogP contribution in [0.3, 0.4) is 0 Å². The maximum Gasteiger partial charge on any atom is 0.272 e. The van der Waals surface area contributed by atoms with Crippen molar-refractivity contribution in [1.29, 1.82) is 0 Å². The van der Waals surface area contributed by atoms with Gasteiger partial charge in [-0.15, -0.1) is 0 Å². The van der Waals surface area contributed by atoms with Crippen molar-refractivity contribution in [3.8, 4) is 0 Å². The van der Waals surface area contributed by atoms with E-state index >= 15 is 0 Å². The molecule has 1 N–H and O–H groups in total. The molecule has 2 aromatic carbocycles. The highest BCUT2D eigenvalue weighted by Gasteiger charge is 2.20. The number of nitro benzene ring substituents is 1. The Morgan fingerprint density at radius 2 is 1.82 bits per heavy atom. The summed E-state index contributed by atoms with van der Waals surface area (Å²) in [5, 5.41) is 13.1. The van der Waals surface area contributed by atoms with Gasteiger partial charge in [-0.1, -0.05) is 30.3 Å². The second kappa shape index (κ2) is 6.35. The van der Waals surface area contributed by atoms with Crippen LogP contribution in [0.25, 0.3) is 0 Å². The lowest BCUT2D eigenvalue weighted by Crippen LogP contribution is -2.07. The van der Waals surface area contributed by atoms with E-state index in [4.69, 9.17) is 0 Å². The second-order valence-electron chi connectivity index (χ2n) is 4.48. The van der Waals surface area contributed by atoms with Crippen molar-refractivity contribution in [1.82, 2.24) is 0 Å². The Balaban J connectivity index is 2.45. The number of nitro groups is 1. The van der Waals surface area contributed by atoms with Crippen molar-refractivity contribution in [2.75, 3.05) is 5.32 Å². The minimum atomic E-state index is -3.77. The lowest BCUT2D eigenvalue weighted by Gasteiger charge is -2.07. The number of sulfone groups is 1. The van der Waals surface area contributed by atoms with Gasteiger partial charge in [0.25, 0.3) is 5.69 Å². The van der Waals surface area contributed by atoms with E-state index in [-0.39, 0.29) is 16.3 Å². The summed E-state index contributed by atoms with van der Waals surface area (Å²) in [6.45, 7) is 0. The third kappa shape index (κ3) is 3.67. The molecule has 1 amide bonds. The van der Waals surface area contributed by atoms with Crippen LogP contribution in [0.1, 0.15) is 5.56 Å². The third-order valence-corrected chi connectivity index (χ3v) is 4.55. The predicted molar refractivity (Wildman–Crippen MR) is 80.1 cm³/mol. The molecule has 0 fully saturated rings.